The normalized spacial score (nSPS) is 16.8. The van der Waals surface area contributed by atoms with Gasteiger partial charge in [0.2, 0.25) is 5.91 Å². The van der Waals surface area contributed by atoms with Crippen molar-refractivity contribution in [2.45, 2.75) is 44.7 Å². The van der Waals surface area contributed by atoms with Crippen LogP contribution in [0.15, 0.2) is 24.3 Å². The summed E-state index contributed by atoms with van der Waals surface area (Å²) < 4.78 is 48.0. The summed E-state index contributed by atoms with van der Waals surface area (Å²) in [5, 5.41) is 1.56. The Bertz CT molecular complexity index is 785. The minimum atomic E-state index is -4.44. The Morgan fingerprint density at radius 3 is 2.72 bits per heavy atom. The number of nitrogens with zero attached hydrogens (tertiary/aromatic N) is 1. The fourth-order valence-corrected chi connectivity index (χ4v) is 3.39. The van der Waals surface area contributed by atoms with Gasteiger partial charge in [-0.05, 0) is 36.8 Å². The van der Waals surface area contributed by atoms with Crippen molar-refractivity contribution in [2.24, 2.45) is 5.92 Å². The molecule has 10 heteroatoms. The SMILES string of the molecule is COC(=O)COCCCCN1NCC(CCC(=O)Cc2cccc(C(F)(F)F)c2)CC1=O. The molecule has 0 spiro atoms. The molecule has 1 aromatic carbocycles. The van der Waals surface area contributed by atoms with Crippen molar-refractivity contribution < 1.29 is 37.0 Å². The fourth-order valence-electron chi connectivity index (χ4n) is 3.39. The molecular weight excluding hydrogens is 429 g/mol. The molecule has 1 unspecified atom stereocenters. The van der Waals surface area contributed by atoms with Crippen LogP contribution in [0.2, 0.25) is 0 Å². The molecule has 1 aromatic rings. The third kappa shape index (κ3) is 8.96. The van der Waals surface area contributed by atoms with Gasteiger partial charge in [-0.1, -0.05) is 18.2 Å². The van der Waals surface area contributed by atoms with E-state index in [0.717, 1.165) is 12.1 Å². The highest BCUT2D eigenvalue weighted by molar-refractivity contribution is 5.81. The van der Waals surface area contributed by atoms with Crippen LogP contribution >= 0.6 is 0 Å². The molecule has 2 rings (SSSR count). The number of carbonyl (C=O) groups is 3. The smallest absolute Gasteiger partial charge is 0.416 e. The Kier molecular flexibility index (Phi) is 10.1. The first-order valence-electron chi connectivity index (χ1n) is 10.5. The van der Waals surface area contributed by atoms with Crippen LogP contribution in [0.1, 0.15) is 43.2 Å². The minimum Gasteiger partial charge on any atom is -0.467 e. The fraction of sp³-hybridized carbons (Fsp3) is 0.591. The van der Waals surface area contributed by atoms with E-state index >= 15 is 0 Å². The Morgan fingerprint density at radius 1 is 1.25 bits per heavy atom. The number of ketones is 1. The molecule has 1 saturated heterocycles. The number of alkyl halides is 3. The molecule has 1 aliphatic heterocycles. The second kappa shape index (κ2) is 12.5. The Labute approximate surface area is 185 Å². The average Bonchev–Trinajstić information content (AvgIpc) is 2.75. The van der Waals surface area contributed by atoms with Crippen LogP contribution in [-0.2, 0) is 36.5 Å². The lowest BCUT2D eigenvalue weighted by molar-refractivity contribution is -0.146. The van der Waals surface area contributed by atoms with Crippen molar-refractivity contribution >= 4 is 17.7 Å². The van der Waals surface area contributed by atoms with E-state index < -0.39 is 17.7 Å². The average molecular weight is 458 g/mol. The Hall–Kier alpha value is -2.46. The summed E-state index contributed by atoms with van der Waals surface area (Å²) in [6, 6.07) is 4.79. The van der Waals surface area contributed by atoms with Gasteiger partial charge in [-0.2, -0.15) is 13.2 Å². The summed E-state index contributed by atoms with van der Waals surface area (Å²) in [6.45, 7) is 1.38. The summed E-state index contributed by atoms with van der Waals surface area (Å²) >= 11 is 0. The topological polar surface area (TPSA) is 84.9 Å². The van der Waals surface area contributed by atoms with Crippen LogP contribution in [0, 0.1) is 5.92 Å². The van der Waals surface area contributed by atoms with Crippen LogP contribution in [0.5, 0.6) is 0 Å². The summed E-state index contributed by atoms with van der Waals surface area (Å²) in [5.74, 6) is -0.627. The second-order valence-corrected chi connectivity index (χ2v) is 7.77. The second-order valence-electron chi connectivity index (χ2n) is 7.77. The number of ether oxygens (including phenoxy) is 2. The minimum absolute atomic E-state index is 0.00704. The van der Waals surface area contributed by atoms with Crippen molar-refractivity contribution in [3.05, 3.63) is 35.4 Å². The van der Waals surface area contributed by atoms with Gasteiger partial charge in [-0.25, -0.2) is 10.2 Å². The van der Waals surface area contributed by atoms with Crippen LogP contribution in [0.3, 0.4) is 0 Å². The maximum Gasteiger partial charge on any atom is 0.416 e. The molecule has 1 atom stereocenters. The van der Waals surface area contributed by atoms with E-state index in [2.05, 4.69) is 10.2 Å². The van der Waals surface area contributed by atoms with Crippen molar-refractivity contribution in [3.63, 3.8) is 0 Å². The molecule has 0 saturated carbocycles. The molecule has 1 fully saturated rings. The predicted molar refractivity (Wildman–Crippen MR) is 109 cm³/mol. The van der Waals surface area contributed by atoms with E-state index in [1.807, 2.05) is 0 Å². The molecule has 32 heavy (non-hydrogen) atoms. The Balaban J connectivity index is 1.64. The zero-order valence-corrected chi connectivity index (χ0v) is 18.1. The zero-order chi connectivity index (χ0) is 23.6. The summed E-state index contributed by atoms with van der Waals surface area (Å²) in [7, 11) is 1.29. The summed E-state index contributed by atoms with van der Waals surface area (Å²) in [4.78, 5) is 35.4. The number of hydrogen-bond donors (Lipinski definition) is 1. The van der Waals surface area contributed by atoms with E-state index in [0.29, 0.717) is 50.9 Å². The maximum absolute atomic E-state index is 12.8. The van der Waals surface area contributed by atoms with Crippen LogP contribution in [-0.4, -0.2) is 56.1 Å². The summed E-state index contributed by atoms with van der Waals surface area (Å²) in [6.07, 6.45) is -2.05. The number of carbonyl (C=O) groups excluding carboxylic acids is 3. The molecule has 0 bridgehead atoms. The first kappa shape index (κ1) is 25.8. The zero-order valence-electron chi connectivity index (χ0n) is 18.1. The number of unbranched alkanes of at least 4 members (excludes halogenated alkanes) is 1. The van der Waals surface area contributed by atoms with Crippen molar-refractivity contribution in [1.29, 1.82) is 0 Å². The molecule has 1 N–H and O–H groups in total. The van der Waals surface area contributed by atoms with Gasteiger partial charge in [0.05, 0.1) is 12.7 Å². The molecule has 1 aliphatic rings. The summed E-state index contributed by atoms with van der Waals surface area (Å²) in [5.41, 5.74) is 2.64. The van der Waals surface area contributed by atoms with Gasteiger partial charge in [-0.15, -0.1) is 0 Å². The molecule has 1 heterocycles. The van der Waals surface area contributed by atoms with Crippen molar-refractivity contribution in [2.75, 3.05) is 33.4 Å². The van der Waals surface area contributed by atoms with E-state index in [4.69, 9.17) is 4.74 Å². The highest BCUT2D eigenvalue weighted by Crippen LogP contribution is 2.29. The maximum atomic E-state index is 12.8. The molecule has 0 radical (unpaired) electrons. The first-order chi connectivity index (χ1) is 15.2. The lowest BCUT2D eigenvalue weighted by atomic mass is 9.94. The number of methoxy groups -OCH3 is 1. The highest BCUT2D eigenvalue weighted by atomic mass is 19.4. The molecule has 0 aromatic heterocycles. The lowest BCUT2D eigenvalue weighted by Crippen LogP contribution is -2.51. The van der Waals surface area contributed by atoms with Crippen molar-refractivity contribution in [1.82, 2.24) is 10.4 Å². The molecule has 7 nitrogen and oxygen atoms in total. The largest absolute Gasteiger partial charge is 0.467 e. The number of halogens is 3. The van der Waals surface area contributed by atoms with E-state index in [1.165, 1.54) is 19.2 Å². The number of rotatable bonds is 12. The molecule has 178 valence electrons. The van der Waals surface area contributed by atoms with Gasteiger partial charge in [0.15, 0.2) is 0 Å². The van der Waals surface area contributed by atoms with Gasteiger partial charge < -0.3 is 9.47 Å². The standard InChI is InChI=1S/C22H29F3N2O5/c1-31-21(30)15-32-10-3-2-9-27-20(29)13-17(14-26-27)7-8-19(28)12-16-5-4-6-18(11-16)22(23,24)25/h4-6,11,17,26H,2-3,7-10,12-15H2,1H3. The molecule has 0 aliphatic carbocycles. The predicted octanol–water partition coefficient (Wildman–Crippen LogP) is 2.92. The Morgan fingerprint density at radius 2 is 2.03 bits per heavy atom. The number of Topliss-reactive ketones (excluding diaryl/α,β-unsaturated/α-hetero) is 1. The number of hydrogen-bond acceptors (Lipinski definition) is 6. The lowest BCUT2D eigenvalue weighted by Gasteiger charge is -2.32. The first-order valence-corrected chi connectivity index (χ1v) is 10.5. The van der Waals surface area contributed by atoms with Gasteiger partial charge in [-0.3, -0.25) is 14.6 Å². The number of amides is 1. The van der Waals surface area contributed by atoms with Crippen LogP contribution in [0.25, 0.3) is 0 Å². The monoisotopic (exact) mass is 458 g/mol. The van der Waals surface area contributed by atoms with Crippen LogP contribution < -0.4 is 5.43 Å². The number of benzene rings is 1. The van der Waals surface area contributed by atoms with Crippen molar-refractivity contribution in [3.8, 4) is 0 Å². The third-order valence-corrected chi connectivity index (χ3v) is 5.19. The van der Waals surface area contributed by atoms with Gasteiger partial charge in [0.25, 0.3) is 0 Å². The number of hydrazine groups is 1. The van der Waals surface area contributed by atoms with E-state index in [1.54, 1.807) is 5.01 Å². The third-order valence-electron chi connectivity index (χ3n) is 5.19. The van der Waals surface area contributed by atoms with E-state index in [9.17, 15) is 27.6 Å². The van der Waals surface area contributed by atoms with Gasteiger partial charge in [0.1, 0.15) is 12.4 Å². The van der Waals surface area contributed by atoms with E-state index in [-0.39, 0.29) is 37.1 Å². The van der Waals surface area contributed by atoms with Gasteiger partial charge in [0, 0.05) is 39.0 Å². The van der Waals surface area contributed by atoms with Gasteiger partial charge >= 0.3 is 12.1 Å². The number of esters is 1. The quantitative estimate of drug-likeness (QED) is 0.383. The highest BCUT2D eigenvalue weighted by Gasteiger charge is 2.30. The van der Waals surface area contributed by atoms with Crippen LogP contribution in [0.4, 0.5) is 13.2 Å². The number of nitrogens with one attached hydrogen (secondary N) is 1. The molecular formula is C22H29F3N2O5. The molecule has 1 amide bonds.